The zero-order valence-electron chi connectivity index (χ0n) is 19.6. The third-order valence-corrected chi connectivity index (χ3v) is 6.87. The summed E-state index contributed by atoms with van der Waals surface area (Å²) in [4.78, 5) is 4.59. The Morgan fingerprint density at radius 1 is 0.639 bits per heavy atom. The molecule has 2 N–H and O–H groups in total. The summed E-state index contributed by atoms with van der Waals surface area (Å²) >= 11 is 0. The van der Waals surface area contributed by atoms with Gasteiger partial charge in [0, 0.05) is 32.8 Å². The topological polar surface area (TPSA) is 56.4 Å². The molecular weight excluding hydrogens is 442 g/mol. The summed E-state index contributed by atoms with van der Waals surface area (Å²) in [5, 5.41) is 4.62. The minimum atomic E-state index is 0.541. The maximum Gasteiger partial charge on any atom is 0.136 e. The van der Waals surface area contributed by atoms with Crippen molar-refractivity contribution in [3.63, 3.8) is 0 Å². The summed E-state index contributed by atoms with van der Waals surface area (Å²) in [5.41, 5.74) is 13.6. The second kappa shape index (κ2) is 8.14. The molecule has 172 valence electrons. The van der Waals surface area contributed by atoms with Gasteiger partial charge in [0.1, 0.15) is 17.0 Å². The number of nitrogens with two attached hydrogens (primary N) is 1. The normalized spacial score (nSPS) is 12.3. The molecule has 0 bridgehead atoms. The van der Waals surface area contributed by atoms with Gasteiger partial charge in [-0.15, -0.1) is 0 Å². The number of benzene rings is 5. The van der Waals surface area contributed by atoms with Crippen LogP contribution in [0.3, 0.4) is 0 Å². The molecular formula is C32H23N3O. The molecule has 7 aromatic rings. The average Bonchev–Trinajstić information content (AvgIpc) is 3.46. The van der Waals surface area contributed by atoms with E-state index in [1.807, 2.05) is 42.5 Å². The fourth-order valence-corrected chi connectivity index (χ4v) is 5.10. The van der Waals surface area contributed by atoms with E-state index in [2.05, 4.69) is 82.4 Å². The first-order valence-electron chi connectivity index (χ1n) is 12.1. The first-order valence-corrected chi connectivity index (χ1v) is 12.1. The number of hydrogen-bond donors (Lipinski definition) is 1. The molecule has 0 amide bonds. The van der Waals surface area contributed by atoms with Gasteiger partial charge < -0.3 is 14.7 Å². The lowest BCUT2D eigenvalue weighted by molar-refractivity contribution is 0.669. The maximum atomic E-state index is 6.33. The lowest BCUT2D eigenvalue weighted by Crippen LogP contribution is -2.13. The lowest BCUT2D eigenvalue weighted by atomic mass is 10.1. The molecule has 0 atom stereocenters. The van der Waals surface area contributed by atoms with Crippen LogP contribution >= 0.6 is 0 Å². The molecule has 0 spiro atoms. The van der Waals surface area contributed by atoms with Crippen LogP contribution in [0.2, 0.25) is 0 Å². The van der Waals surface area contributed by atoms with Crippen LogP contribution in [-0.2, 0) is 6.54 Å². The van der Waals surface area contributed by atoms with Crippen molar-refractivity contribution in [1.29, 1.82) is 0 Å². The lowest BCUT2D eigenvalue weighted by Gasteiger charge is -2.09. The number of rotatable bonds is 4. The molecule has 4 nitrogen and oxygen atoms in total. The highest BCUT2D eigenvalue weighted by Crippen LogP contribution is 2.38. The molecule has 0 saturated heterocycles. The van der Waals surface area contributed by atoms with Gasteiger partial charge in [-0.2, -0.15) is 0 Å². The number of fused-ring (bicyclic) bond motifs is 6. The molecule has 0 unspecified atom stereocenters. The van der Waals surface area contributed by atoms with Crippen molar-refractivity contribution >= 4 is 49.6 Å². The van der Waals surface area contributed by atoms with Gasteiger partial charge >= 0.3 is 0 Å². The van der Waals surface area contributed by atoms with Gasteiger partial charge in [-0.25, -0.2) is 0 Å². The number of amidine groups is 1. The minimum Gasteiger partial charge on any atom is -0.456 e. The number of hydrogen-bond acceptors (Lipinski definition) is 2. The Morgan fingerprint density at radius 3 is 2.19 bits per heavy atom. The Bertz CT molecular complexity index is 1910. The van der Waals surface area contributed by atoms with Gasteiger partial charge in [0.15, 0.2) is 0 Å². The van der Waals surface area contributed by atoms with E-state index >= 15 is 0 Å². The van der Waals surface area contributed by atoms with Crippen molar-refractivity contribution in [2.24, 2.45) is 10.7 Å². The van der Waals surface area contributed by atoms with Crippen LogP contribution < -0.4 is 5.73 Å². The Balaban J connectivity index is 1.36. The largest absolute Gasteiger partial charge is 0.456 e. The Kier molecular flexibility index (Phi) is 4.64. The second-order valence-electron chi connectivity index (χ2n) is 9.05. The van der Waals surface area contributed by atoms with Gasteiger partial charge in [-0.1, -0.05) is 66.7 Å². The Labute approximate surface area is 207 Å². The fraction of sp³-hybridized carbons (Fsp3) is 0.0312. The van der Waals surface area contributed by atoms with Crippen molar-refractivity contribution in [2.75, 3.05) is 0 Å². The second-order valence-corrected chi connectivity index (χ2v) is 9.05. The molecule has 7 rings (SSSR count). The first-order chi connectivity index (χ1) is 17.8. The van der Waals surface area contributed by atoms with E-state index in [-0.39, 0.29) is 0 Å². The number of nitrogens with zero attached hydrogens (tertiary/aromatic N) is 2. The molecule has 0 aliphatic carbocycles. The van der Waals surface area contributed by atoms with Crippen LogP contribution in [0.1, 0.15) is 11.1 Å². The maximum absolute atomic E-state index is 6.33. The van der Waals surface area contributed by atoms with E-state index in [0.29, 0.717) is 12.4 Å². The third-order valence-electron chi connectivity index (χ3n) is 6.87. The molecule has 4 heteroatoms. The molecule has 36 heavy (non-hydrogen) atoms. The van der Waals surface area contributed by atoms with Crippen LogP contribution in [0.5, 0.6) is 0 Å². The SMILES string of the molecule is NC(=NCc1ccccc1)c1ccc(-n2c3ccccc3c3cc4oc5ccccc5c4cc32)cc1. The predicted octanol–water partition coefficient (Wildman–Crippen LogP) is 7.59. The van der Waals surface area contributed by atoms with E-state index in [0.717, 1.165) is 49.8 Å². The summed E-state index contributed by atoms with van der Waals surface area (Å²) in [7, 11) is 0. The van der Waals surface area contributed by atoms with Gasteiger partial charge in [-0.05, 0) is 54.1 Å². The highest BCUT2D eigenvalue weighted by Gasteiger charge is 2.16. The molecule has 0 aliphatic heterocycles. The molecule has 2 aromatic heterocycles. The molecule has 0 radical (unpaired) electrons. The number of aromatic nitrogens is 1. The predicted molar refractivity (Wildman–Crippen MR) is 149 cm³/mol. The summed E-state index contributed by atoms with van der Waals surface area (Å²) in [5.74, 6) is 0.541. The quantitative estimate of drug-likeness (QED) is 0.215. The van der Waals surface area contributed by atoms with Gasteiger partial charge in [0.25, 0.3) is 0 Å². The zero-order valence-corrected chi connectivity index (χ0v) is 19.6. The van der Waals surface area contributed by atoms with Crippen molar-refractivity contribution < 1.29 is 4.42 Å². The van der Waals surface area contributed by atoms with E-state index < -0.39 is 0 Å². The standard InChI is InChI=1S/C32H23N3O/c33-32(34-20-21-8-2-1-3-9-21)22-14-16-23(17-15-22)35-28-12-6-4-10-24(28)26-19-31-27(18-29(26)35)25-11-5-7-13-30(25)36-31/h1-19H,20H2,(H2,33,34). The summed E-state index contributed by atoms with van der Waals surface area (Å²) in [6.07, 6.45) is 0. The van der Waals surface area contributed by atoms with Crippen LogP contribution in [0.25, 0.3) is 49.4 Å². The third kappa shape index (κ3) is 3.27. The summed E-state index contributed by atoms with van der Waals surface area (Å²) in [6.45, 7) is 0.565. The molecule has 0 fully saturated rings. The van der Waals surface area contributed by atoms with Crippen molar-refractivity contribution in [3.8, 4) is 5.69 Å². The van der Waals surface area contributed by atoms with Gasteiger partial charge in [0.05, 0.1) is 17.6 Å². The number of aliphatic imine (C=N–C) groups is 1. The number of furan rings is 1. The Morgan fingerprint density at radius 2 is 1.36 bits per heavy atom. The molecule has 5 aromatic carbocycles. The van der Waals surface area contributed by atoms with E-state index in [1.165, 1.54) is 10.8 Å². The van der Waals surface area contributed by atoms with Crippen molar-refractivity contribution in [3.05, 3.63) is 126 Å². The highest BCUT2D eigenvalue weighted by molar-refractivity contribution is 6.17. The van der Waals surface area contributed by atoms with E-state index in [4.69, 9.17) is 10.2 Å². The smallest absolute Gasteiger partial charge is 0.136 e. The zero-order chi connectivity index (χ0) is 24.1. The van der Waals surface area contributed by atoms with Gasteiger partial charge in [0.2, 0.25) is 0 Å². The summed E-state index contributed by atoms with van der Waals surface area (Å²) < 4.78 is 8.50. The van der Waals surface area contributed by atoms with Crippen LogP contribution in [-0.4, -0.2) is 10.4 Å². The van der Waals surface area contributed by atoms with Crippen LogP contribution in [0.15, 0.2) is 125 Å². The monoisotopic (exact) mass is 465 g/mol. The molecule has 2 heterocycles. The summed E-state index contributed by atoms with van der Waals surface area (Å²) in [6, 6.07) is 39.6. The van der Waals surface area contributed by atoms with E-state index in [1.54, 1.807) is 0 Å². The minimum absolute atomic E-state index is 0.541. The van der Waals surface area contributed by atoms with Crippen molar-refractivity contribution in [1.82, 2.24) is 4.57 Å². The average molecular weight is 466 g/mol. The number of para-hydroxylation sites is 2. The fourth-order valence-electron chi connectivity index (χ4n) is 5.10. The van der Waals surface area contributed by atoms with Crippen molar-refractivity contribution in [2.45, 2.75) is 6.54 Å². The Hall–Kier alpha value is -4.83. The molecule has 0 aliphatic rings. The van der Waals surface area contributed by atoms with Crippen LogP contribution in [0, 0.1) is 0 Å². The van der Waals surface area contributed by atoms with E-state index in [9.17, 15) is 0 Å². The molecule has 0 saturated carbocycles. The first kappa shape index (κ1) is 20.5. The highest BCUT2D eigenvalue weighted by atomic mass is 16.3. The van der Waals surface area contributed by atoms with Gasteiger partial charge in [-0.3, -0.25) is 4.99 Å². The van der Waals surface area contributed by atoms with Crippen LogP contribution in [0.4, 0.5) is 0 Å².